The van der Waals surface area contributed by atoms with Gasteiger partial charge in [0.1, 0.15) is 5.75 Å². The number of amides is 3. The molecule has 1 aliphatic carbocycles. The van der Waals surface area contributed by atoms with Gasteiger partial charge in [0.2, 0.25) is 0 Å². The van der Waals surface area contributed by atoms with E-state index in [1.165, 1.54) is 12.8 Å². The second kappa shape index (κ2) is 8.19. The summed E-state index contributed by atoms with van der Waals surface area (Å²) in [5.74, 6) is 0.963. The zero-order valence-corrected chi connectivity index (χ0v) is 15.9. The lowest BCUT2D eigenvalue weighted by atomic mass is 10.0. The molecule has 2 aliphatic heterocycles. The van der Waals surface area contributed by atoms with Crippen molar-refractivity contribution in [3.05, 3.63) is 29.3 Å². The summed E-state index contributed by atoms with van der Waals surface area (Å²) < 4.78 is 5.64. The van der Waals surface area contributed by atoms with Gasteiger partial charge in [-0.2, -0.15) is 0 Å². The number of urea groups is 1. The minimum absolute atomic E-state index is 0.0297. The Hall–Kier alpha value is -2.24. The van der Waals surface area contributed by atoms with Crippen LogP contribution in [0.25, 0.3) is 0 Å². The average Bonchev–Trinajstić information content (AvgIpc) is 3.08. The third-order valence-corrected chi connectivity index (χ3v) is 5.91. The summed E-state index contributed by atoms with van der Waals surface area (Å²) in [5, 5.41) is 3.16. The van der Waals surface area contributed by atoms with Crippen LogP contribution in [-0.2, 0) is 6.42 Å². The predicted octanol–water partition coefficient (Wildman–Crippen LogP) is 2.81. The Labute approximate surface area is 160 Å². The van der Waals surface area contributed by atoms with E-state index < -0.39 is 0 Å². The highest BCUT2D eigenvalue weighted by atomic mass is 16.5. The highest BCUT2D eigenvalue weighted by Crippen LogP contribution is 2.26. The van der Waals surface area contributed by atoms with E-state index in [-0.39, 0.29) is 11.9 Å². The zero-order chi connectivity index (χ0) is 18.6. The quantitative estimate of drug-likeness (QED) is 0.870. The highest BCUT2D eigenvalue weighted by molar-refractivity contribution is 5.94. The molecule has 3 amide bonds. The van der Waals surface area contributed by atoms with Crippen molar-refractivity contribution in [3.8, 4) is 5.75 Å². The van der Waals surface area contributed by atoms with Crippen LogP contribution in [0.4, 0.5) is 4.79 Å². The molecule has 0 aromatic heterocycles. The number of carbonyl (C=O) groups excluding carboxylic acids is 2. The largest absolute Gasteiger partial charge is 0.493 e. The Morgan fingerprint density at radius 2 is 1.74 bits per heavy atom. The third kappa shape index (κ3) is 4.20. The fourth-order valence-corrected chi connectivity index (χ4v) is 4.34. The molecule has 6 heteroatoms. The van der Waals surface area contributed by atoms with Crippen molar-refractivity contribution in [2.75, 3.05) is 32.8 Å². The summed E-state index contributed by atoms with van der Waals surface area (Å²) in [4.78, 5) is 29.2. The molecule has 6 nitrogen and oxygen atoms in total. The summed E-state index contributed by atoms with van der Waals surface area (Å²) in [6, 6.07) is 6.12. The van der Waals surface area contributed by atoms with Crippen LogP contribution in [0, 0.1) is 0 Å². The molecule has 0 spiro atoms. The van der Waals surface area contributed by atoms with E-state index in [4.69, 9.17) is 4.74 Å². The van der Waals surface area contributed by atoms with E-state index >= 15 is 0 Å². The standard InChI is InChI=1S/C21H29N3O3/c25-20(17-8-9-19-16(15-17)5-3-14-27-19)23-10-4-11-24(13-12-23)21(26)22-18-6-1-2-7-18/h8-9,15,18H,1-7,10-14H2,(H,22,26). The summed E-state index contributed by atoms with van der Waals surface area (Å²) in [7, 11) is 0. The van der Waals surface area contributed by atoms with Crippen LogP contribution in [0.1, 0.15) is 54.4 Å². The van der Waals surface area contributed by atoms with Gasteiger partial charge in [-0.3, -0.25) is 4.79 Å². The van der Waals surface area contributed by atoms with E-state index in [1.807, 2.05) is 28.0 Å². The number of fused-ring (bicyclic) bond motifs is 1. The number of nitrogens with one attached hydrogen (secondary N) is 1. The van der Waals surface area contributed by atoms with Gasteiger partial charge < -0.3 is 19.9 Å². The van der Waals surface area contributed by atoms with E-state index in [0.29, 0.717) is 32.2 Å². The molecular weight excluding hydrogens is 342 g/mol. The van der Waals surface area contributed by atoms with Crippen LogP contribution in [-0.4, -0.2) is 60.6 Å². The minimum Gasteiger partial charge on any atom is -0.493 e. The molecule has 0 radical (unpaired) electrons. The lowest BCUT2D eigenvalue weighted by Crippen LogP contribution is -2.45. The first-order valence-electron chi connectivity index (χ1n) is 10.3. The molecule has 146 valence electrons. The van der Waals surface area contributed by atoms with Crippen molar-refractivity contribution in [2.45, 2.75) is 51.0 Å². The monoisotopic (exact) mass is 371 g/mol. The number of benzene rings is 1. The second-order valence-electron chi connectivity index (χ2n) is 7.84. The predicted molar refractivity (Wildman–Crippen MR) is 103 cm³/mol. The summed E-state index contributed by atoms with van der Waals surface area (Å²) in [6.45, 7) is 3.34. The van der Waals surface area contributed by atoms with Crippen LogP contribution in [0.15, 0.2) is 18.2 Å². The van der Waals surface area contributed by atoms with Crippen LogP contribution < -0.4 is 10.1 Å². The smallest absolute Gasteiger partial charge is 0.317 e. The van der Waals surface area contributed by atoms with Crippen LogP contribution in [0.3, 0.4) is 0 Å². The first kappa shape index (κ1) is 18.1. The highest BCUT2D eigenvalue weighted by Gasteiger charge is 2.25. The Bertz CT molecular complexity index is 700. The summed E-state index contributed by atoms with van der Waals surface area (Å²) >= 11 is 0. The van der Waals surface area contributed by atoms with E-state index in [2.05, 4.69) is 5.32 Å². The van der Waals surface area contributed by atoms with E-state index in [9.17, 15) is 9.59 Å². The molecule has 1 aromatic carbocycles. The number of carbonyl (C=O) groups is 2. The Morgan fingerprint density at radius 1 is 0.963 bits per heavy atom. The Balaban J connectivity index is 1.36. The first-order valence-corrected chi connectivity index (χ1v) is 10.3. The maximum absolute atomic E-state index is 13.0. The van der Waals surface area contributed by atoms with Gasteiger partial charge in [0.05, 0.1) is 6.61 Å². The van der Waals surface area contributed by atoms with Gasteiger partial charge in [0.15, 0.2) is 0 Å². The lowest BCUT2D eigenvalue weighted by Gasteiger charge is -2.24. The van der Waals surface area contributed by atoms with Gasteiger partial charge in [-0.05, 0) is 55.9 Å². The summed E-state index contributed by atoms with van der Waals surface area (Å²) in [5.41, 5.74) is 1.85. The average molecular weight is 371 g/mol. The number of hydrogen-bond donors (Lipinski definition) is 1. The van der Waals surface area contributed by atoms with Crippen molar-refractivity contribution in [2.24, 2.45) is 0 Å². The molecule has 1 aromatic rings. The number of hydrogen-bond acceptors (Lipinski definition) is 3. The lowest BCUT2D eigenvalue weighted by molar-refractivity contribution is 0.0762. The zero-order valence-electron chi connectivity index (χ0n) is 15.9. The van der Waals surface area contributed by atoms with Crippen molar-refractivity contribution in [1.29, 1.82) is 0 Å². The molecular formula is C21H29N3O3. The van der Waals surface area contributed by atoms with Crippen LogP contribution >= 0.6 is 0 Å². The number of aryl methyl sites for hydroxylation is 1. The molecule has 27 heavy (non-hydrogen) atoms. The van der Waals surface area contributed by atoms with Crippen molar-refractivity contribution < 1.29 is 14.3 Å². The number of ether oxygens (including phenoxy) is 1. The molecule has 2 heterocycles. The fourth-order valence-electron chi connectivity index (χ4n) is 4.34. The molecule has 2 fully saturated rings. The van der Waals surface area contributed by atoms with Crippen molar-refractivity contribution in [3.63, 3.8) is 0 Å². The van der Waals surface area contributed by atoms with Gasteiger partial charge in [-0.15, -0.1) is 0 Å². The van der Waals surface area contributed by atoms with Crippen LogP contribution in [0.5, 0.6) is 5.75 Å². The van der Waals surface area contributed by atoms with Gasteiger partial charge in [0.25, 0.3) is 5.91 Å². The fraction of sp³-hybridized carbons (Fsp3) is 0.619. The maximum Gasteiger partial charge on any atom is 0.317 e. The first-order chi connectivity index (χ1) is 13.2. The van der Waals surface area contributed by atoms with Crippen molar-refractivity contribution >= 4 is 11.9 Å². The molecule has 4 rings (SSSR count). The van der Waals surface area contributed by atoms with E-state index in [0.717, 1.165) is 55.6 Å². The van der Waals surface area contributed by atoms with Crippen molar-refractivity contribution in [1.82, 2.24) is 15.1 Å². The molecule has 3 aliphatic rings. The Morgan fingerprint density at radius 3 is 2.59 bits per heavy atom. The van der Waals surface area contributed by atoms with Gasteiger partial charge in [-0.25, -0.2) is 4.79 Å². The van der Waals surface area contributed by atoms with Gasteiger partial charge in [0, 0.05) is 37.8 Å². The SMILES string of the molecule is O=C(NC1CCCC1)N1CCCN(C(=O)c2ccc3c(c2)CCCO3)CC1. The number of nitrogens with zero attached hydrogens (tertiary/aromatic N) is 2. The molecule has 0 atom stereocenters. The minimum atomic E-state index is 0.0297. The Kier molecular flexibility index (Phi) is 5.50. The summed E-state index contributed by atoms with van der Waals surface area (Å²) in [6.07, 6.45) is 7.37. The van der Waals surface area contributed by atoms with E-state index in [1.54, 1.807) is 0 Å². The third-order valence-electron chi connectivity index (χ3n) is 5.91. The maximum atomic E-state index is 13.0. The molecule has 0 bridgehead atoms. The molecule has 1 saturated carbocycles. The molecule has 1 N–H and O–H groups in total. The normalized spacial score (nSPS) is 20.6. The number of rotatable bonds is 2. The topological polar surface area (TPSA) is 61.9 Å². The second-order valence-corrected chi connectivity index (χ2v) is 7.84. The molecule has 1 saturated heterocycles. The molecule has 0 unspecified atom stereocenters. The van der Waals surface area contributed by atoms with Gasteiger partial charge >= 0.3 is 6.03 Å². The van der Waals surface area contributed by atoms with Crippen LogP contribution in [0.2, 0.25) is 0 Å². The van der Waals surface area contributed by atoms with Gasteiger partial charge in [-0.1, -0.05) is 12.8 Å².